The average Bonchev–Trinajstić information content (AvgIpc) is 3.27. The Labute approximate surface area is 175 Å². The van der Waals surface area contributed by atoms with Gasteiger partial charge in [0.05, 0.1) is 15.7 Å². The summed E-state index contributed by atoms with van der Waals surface area (Å²) in [7, 11) is 0. The fourth-order valence-corrected chi connectivity index (χ4v) is 6.10. The van der Waals surface area contributed by atoms with Crippen molar-refractivity contribution in [3.05, 3.63) is 49.3 Å². The van der Waals surface area contributed by atoms with Crippen LogP contribution in [0, 0.1) is 0 Å². The van der Waals surface area contributed by atoms with E-state index in [1.807, 2.05) is 28.9 Å². The molecule has 0 bridgehead atoms. The second-order valence-corrected chi connectivity index (χ2v) is 12.4. The molecular weight excluding hydrogens is 390 g/mol. The monoisotopic (exact) mass is 419 g/mol. The highest BCUT2D eigenvalue weighted by molar-refractivity contribution is 7.12. The van der Waals surface area contributed by atoms with E-state index in [0.29, 0.717) is 0 Å². The Hall–Kier alpha value is -1.11. The van der Waals surface area contributed by atoms with Gasteiger partial charge in [-0.15, -0.1) is 22.7 Å². The van der Waals surface area contributed by atoms with Gasteiger partial charge in [-0.05, 0) is 29.4 Å². The summed E-state index contributed by atoms with van der Waals surface area (Å²) in [5, 5.41) is 4.45. The van der Waals surface area contributed by atoms with Crippen LogP contribution in [0.4, 0.5) is 0 Å². The molecular formula is C21H29N3S3. The lowest BCUT2D eigenvalue weighted by Crippen LogP contribution is -2.20. The maximum atomic E-state index is 4.78. The van der Waals surface area contributed by atoms with Gasteiger partial charge in [-0.2, -0.15) is 4.37 Å². The highest BCUT2D eigenvalue weighted by Crippen LogP contribution is 2.36. The SMILES string of the molecule is CC(C)(C)c1cnc(CC(C)(C)c2ncc(CC(C)(C)c3ccsn3)s2)s1. The number of thiazole rings is 2. The van der Waals surface area contributed by atoms with Crippen LogP contribution in [0.1, 0.15) is 73.9 Å². The van der Waals surface area contributed by atoms with Crippen molar-refractivity contribution >= 4 is 34.2 Å². The molecule has 0 aliphatic heterocycles. The predicted octanol–water partition coefficient (Wildman–Crippen LogP) is 6.39. The van der Waals surface area contributed by atoms with Gasteiger partial charge < -0.3 is 0 Å². The second-order valence-electron chi connectivity index (χ2n) is 9.51. The molecule has 0 aromatic carbocycles. The molecule has 0 radical (unpaired) electrons. The maximum absolute atomic E-state index is 4.78. The van der Waals surface area contributed by atoms with E-state index in [2.05, 4.69) is 75.5 Å². The number of aromatic nitrogens is 3. The van der Waals surface area contributed by atoms with Crippen LogP contribution in [0.15, 0.2) is 23.8 Å². The first kappa shape index (κ1) is 20.6. The molecule has 3 heterocycles. The topological polar surface area (TPSA) is 38.7 Å². The molecule has 0 unspecified atom stereocenters. The molecule has 27 heavy (non-hydrogen) atoms. The van der Waals surface area contributed by atoms with E-state index in [4.69, 9.17) is 4.98 Å². The van der Waals surface area contributed by atoms with Crippen LogP contribution in [-0.4, -0.2) is 14.3 Å². The molecule has 3 aromatic heterocycles. The summed E-state index contributed by atoms with van der Waals surface area (Å²) in [6.07, 6.45) is 5.99. The van der Waals surface area contributed by atoms with Crippen LogP contribution in [0.3, 0.4) is 0 Å². The minimum absolute atomic E-state index is 0.0132. The normalized spacial score (nSPS) is 13.3. The lowest BCUT2D eigenvalue weighted by atomic mass is 9.85. The van der Waals surface area contributed by atoms with Gasteiger partial charge in [-0.3, -0.25) is 0 Å². The number of nitrogens with zero attached hydrogens (tertiary/aromatic N) is 3. The minimum atomic E-state index is -0.0132. The molecule has 0 saturated heterocycles. The molecule has 3 aromatic rings. The Morgan fingerprint density at radius 3 is 2.19 bits per heavy atom. The molecule has 0 aliphatic rings. The van der Waals surface area contributed by atoms with E-state index in [9.17, 15) is 0 Å². The van der Waals surface area contributed by atoms with E-state index in [1.165, 1.54) is 37.0 Å². The summed E-state index contributed by atoms with van der Waals surface area (Å²) in [6, 6.07) is 2.13. The third kappa shape index (κ3) is 4.84. The van der Waals surface area contributed by atoms with Crippen molar-refractivity contribution < 1.29 is 0 Å². The Kier molecular flexibility index (Phi) is 5.63. The van der Waals surface area contributed by atoms with Gasteiger partial charge in [-0.1, -0.05) is 48.5 Å². The van der Waals surface area contributed by atoms with Gasteiger partial charge in [0.25, 0.3) is 0 Å². The van der Waals surface area contributed by atoms with Gasteiger partial charge in [0.15, 0.2) is 0 Å². The predicted molar refractivity (Wildman–Crippen MR) is 119 cm³/mol. The molecule has 0 saturated carbocycles. The molecule has 146 valence electrons. The lowest BCUT2D eigenvalue weighted by Gasteiger charge is -2.22. The first-order chi connectivity index (χ1) is 12.5. The van der Waals surface area contributed by atoms with Gasteiger partial charge in [0.2, 0.25) is 0 Å². The molecule has 0 aliphatic carbocycles. The second kappa shape index (κ2) is 7.37. The zero-order valence-electron chi connectivity index (χ0n) is 17.3. The average molecular weight is 420 g/mol. The highest BCUT2D eigenvalue weighted by atomic mass is 32.1. The highest BCUT2D eigenvalue weighted by Gasteiger charge is 2.29. The summed E-state index contributed by atoms with van der Waals surface area (Å²) in [5.74, 6) is 0. The van der Waals surface area contributed by atoms with Crippen LogP contribution in [0.2, 0.25) is 0 Å². The molecule has 0 N–H and O–H groups in total. The lowest BCUT2D eigenvalue weighted by molar-refractivity contribution is 0.514. The van der Waals surface area contributed by atoms with Crippen LogP contribution in [0.25, 0.3) is 0 Å². The summed E-state index contributed by atoms with van der Waals surface area (Å²) in [5.41, 5.74) is 1.35. The van der Waals surface area contributed by atoms with E-state index < -0.39 is 0 Å². The summed E-state index contributed by atoms with van der Waals surface area (Å²) in [4.78, 5) is 12.1. The van der Waals surface area contributed by atoms with Crippen LogP contribution in [-0.2, 0) is 29.1 Å². The zero-order chi connectivity index (χ0) is 19.9. The smallest absolute Gasteiger partial charge is 0.0988 e. The fraction of sp³-hybridized carbons (Fsp3) is 0.571. The molecule has 0 fully saturated rings. The van der Waals surface area contributed by atoms with Crippen LogP contribution in [0.5, 0.6) is 0 Å². The number of rotatable bonds is 6. The summed E-state index contributed by atoms with van der Waals surface area (Å²) >= 11 is 5.20. The summed E-state index contributed by atoms with van der Waals surface area (Å²) in [6.45, 7) is 15.8. The van der Waals surface area contributed by atoms with Gasteiger partial charge in [-0.25, -0.2) is 9.97 Å². The van der Waals surface area contributed by atoms with Crippen molar-refractivity contribution in [3.8, 4) is 0 Å². The molecule has 0 atom stereocenters. The fourth-order valence-electron chi connectivity index (χ4n) is 2.98. The third-order valence-corrected chi connectivity index (χ3v) is 8.11. The Bertz CT molecular complexity index is 880. The quantitative estimate of drug-likeness (QED) is 0.464. The standard InChI is InChI=1S/C21H29N3S3/c1-19(2,3)16-13-22-17(27-16)11-21(6,7)18-23-12-14(26-18)10-20(4,5)15-8-9-25-24-15/h8-9,12-13H,10-11H2,1-7H3. The molecule has 6 heteroatoms. The number of hydrogen-bond acceptors (Lipinski definition) is 6. The largest absolute Gasteiger partial charge is 0.249 e. The number of hydrogen-bond donors (Lipinski definition) is 0. The van der Waals surface area contributed by atoms with Gasteiger partial charge in [0.1, 0.15) is 0 Å². The van der Waals surface area contributed by atoms with E-state index in [0.717, 1.165) is 12.8 Å². The Balaban J connectivity index is 1.73. The maximum Gasteiger partial charge on any atom is 0.0988 e. The van der Waals surface area contributed by atoms with E-state index >= 15 is 0 Å². The van der Waals surface area contributed by atoms with Crippen molar-refractivity contribution in [2.45, 2.75) is 77.6 Å². The summed E-state index contributed by atoms with van der Waals surface area (Å²) < 4.78 is 4.54. The van der Waals surface area contributed by atoms with Crippen molar-refractivity contribution in [2.24, 2.45) is 0 Å². The Morgan fingerprint density at radius 2 is 1.59 bits per heavy atom. The molecule has 0 amide bonds. The first-order valence-corrected chi connectivity index (χ1v) is 11.8. The Morgan fingerprint density at radius 1 is 0.852 bits per heavy atom. The zero-order valence-corrected chi connectivity index (χ0v) is 19.7. The van der Waals surface area contributed by atoms with Crippen LogP contribution < -0.4 is 0 Å². The van der Waals surface area contributed by atoms with Crippen molar-refractivity contribution in [1.29, 1.82) is 0 Å². The van der Waals surface area contributed by atoms with Crippen molar-refractivity contribution in [2.75, 3.05) is 0 Å². The van der Waals surface area contributed by atoms with E-state index in [-0.39, 0.29) is 16.2 Å². The van der Waals surface area contributed by atoms with Crippen molar-refractivity contribution in [3.63, 3.8) is 0 Å². The van der Waals surface area contributed by atoms with E-state index in [1.54, 1.807) is 0 Å². The molecule has 3 rings (SSSR count). The van der Waals surface area contributed by atoms with Gasteiger partial charge in [0, 0.05) is 44.8 Å². The minimum Gasteiger partial charge on any atom is -0.249 e. The molecule has 0 spiro atoms. The third-order valence-electron chi connectivity index (χ3n) is 4.77. The first-order valence-electron chi connectivity index (χ1n) is 9.29. The van der Waals surface area contributed by atoms with Gasteiger partial charge >= 0.3 is 0 Å². The van der Waals surface area contributed by atoms with Crippen molar-refractivity contribution in [1.82, 2.24) is 14.3 Å². The van der Waals surface area contributed by atoms with Crippen LogP contribution >= 0.6 is 34.2 Å². The molecule has 3 nitrogen and oxygen atoms in total.